The Morgan fingerprint density at radius 3 is 1.93 bits per heavy atom. The molecular weight excluding hydrogens is 595 g/mol. The van der Waals surface area contributed by atoms with E-state index in [2.05, 4.69) is 59.4 Å². The zero-order valence-electron chi connectivity index (χ0n) is 30.3. The lowest BCUT2D eigenvalue weighted by Gasteiger charge is -2.34. The van der Waals surface area contributed by atoms with E-state index in [1.807, 2.05) is 13.0 Å². The Kier molecular flexibility index (Phi) is 15.7. The number of hydrogen-bond donors (Lipinski definition) is 0. The first-order chi connectivity index (χ1) is 21.8. The molecule has 1 aliphatic heterocycles. The summed E-state index contributed by atoms with van der Waals surface area (Å²) in [5.41, 5.74) is 1.22. The minimum absolute atomic E-state index is 0.0838. The molecule has 0 aromatic carbocycles. The van der Waals surface area contributed by atoms with Gasteiger partial charge in [0.15, 0.2) is 5.13 Å². The van der Waals surface area contributed by atoms with Crippen LogP contribution in [0.4, 0.5) is 5.13 Å². The predicted molar refractivity (Wildman–Crippen MR) is 190 cm³/mol. The zero-order valence-corrected chi connectivity index (χ0v) is 31.1. The number of imide groups is 1. The molecule has 1 aromatic heterocycles. The molecule has 2 heterocycles. The van der Waals surface area contributed by atoms with Gasteiger partial charge in [-0.2, -0.15) is 10.3 Å². The zero-order chi connectivity index (χ0) is 34.6. The van der Waals surface area contributed by atoms with E-state index in [-0.39, 0.29) is 16.6 Å². The molecule has 0 radical (unpaired) electrons. The molecule has 0 saturated carbocycles. The Bertz CT molecular complexity index is 1280. The normalized spacial score (nSPS) is 16.2. The second-order valence-corrected chi connectivity index (χ2v) is 14.8. The van der Waals surface area contributed by atoms with Crippen LogP contribution in [0.2, 0.25) is 0 Å². The molecule has 1 aliphatic rings. The maximum absolute atomic E-state index is 14.1. The number of thiazole rings is 1. The van der Waals surface area contributed by atoms with E-state index in [1.54, 1.807) is 11.3 Å². The highest BCUT2D eigenvalue weighted by atomic mass is 32.1. The van der Waals surface area contributed by atoms with Gasteiger partial charge in [-0.1, -0.05) is 112 Å². The molecule has 46 heavy (non-hydrogen) atoms. The third-order valence-corrected chi connectivity index (χ3v) is 10.1. The van der Waals surface area contributed by atoms with Gasteiger partial charge in [-0.3, -0.25) is 14.4 Å². The minimum Gasteiger partial charge on any atom is -0.348 e. The summed E-state index contributed by atoms with van der Waals surface area (Å²) in [4.78, 5) is 48.4. The molecule has 1 aromatic rings. The molecule has 2 unspecified atom stereocenters. The van der Waals surface area contributed by atoms with Crippen molar-refractivity contribution in [3.05, 3.63) is 27.3 Å². The number of carbonyl (C=O) groups is 3. The highest BCUT2D eigenvalue weighted by Crippen LogP contribution is 2.39. The van der Waals surface area contributed by atoms with Crippen LogP contribution in [0.25, 0.3) is 6.08 Å². The lowest BCUT2D eigenvalue weighted by atomic mass is 9.88. The van der Waals surface area contributed by atoms with E-state index in [1.165, 1.54) is 52.5 Å². The average Bonchev–Trinajstić information content (AvgIpc) is 3.45. The number of anilines is 1. The van der Waals surface area contributed by atoms with Crippen LogP contribution < -0.4 is 4.90 Å². The van der Waals surface area contributed by atoms with Crippen LogP contribution in [0.3, 0.4) is 0 Å². The summed E-state index contributed by atoms with van der Waals surface area (Å²) < 4.78 is 0. The summed E-state index contributed by atoms with van der Waals surface area (Å²) in [7, 11) is 1.39. The molecular formula is C37H59N5O3S. The van der Waals surface area contributed by atoms with Crippen molar-refractivity contribution in [2.24, 2.45) is 11.8 Å². The summed E-state index contributed by atoms with van der Waals surface area (Å²) in [6, 6.07) is 2.07. The van der Waals surface area contributed by atoms with E-state index < -0.39 is 17.7 Å². The van der Waals surface area contributed by atoms with Gasteiger partial charge in [0.1, 0.15) is 11.6 Å². The fourth-order valence-corrected chi connectivity index (χ4v) is 7.14. The van der Waals surface area contributed by atoms with Gasteiger partial charge in [-0.15, -0.1) is 0 Å². The van der Waals surface area contributed by atoms with Gasteiger partial charge in [0.25, 0.3) is 11.8 Å². The van der Waals surface area contributed by atoms with Gasteiger partial charge in [0.05, 0.1) is 10.6 Å². The lowest BCUT2D eigenvalue weighted by Crippen LogP contribution is -2.53. The summed E-state index contributed by atoms with van der Waals surface area (Å²) in [5, 5.41) is 12.9. The number of amides is 3. The molecule has 0 spiro atoms. The highest BCUT2D eigenvalue weighted by molar-refractivity contribution is 7.16. The van der Waals surface area contributed by atoms with Crippen LogP contribution in [0.1, 0.15) is 144 Å². The number of unbranched alkanes of at least 4 members (excludes halogenated alkanes) is 3. The molecule has 0 aliphatic carbocycles. The van der Waals surface area contributed by atoms with Crippen LogP contribution in [-0.4, -0.2) is 52.9 Å². The Morgan fingerprint density at radius 1 is 0.957 bits per heavy atom. The van der Waals surface area contributed by atoms with E-state index >= 15 is 0 Å². The van der Waals surface area contributed by atoms with Crippen LogP contribution in [0.5, 0.6) is 0 Å². The van der Waals surface area contributed by atoms with E-state index in [0.29, 0.717) is 23.8 Å². The van der Waals surface area contributed by atoms with Crippen LogP contribution in [-0.2, 0) is 19.8 Å². The number of nitriles is 1. The molecule has 2 rings (SSSR count). The summed E-state index contributed by atoms with van der Waals surface area (Å²) in [6.07, 6.45) is 13.2. The van der Waals surface area contributed by atoms with Gasteiger partial charge < -0.3 is 4.90 Å². The first kappa shape index (κ1) is 39.2. The largest absolute Gasteiger partial charge is 0.348 e. The van der Waals surface area contributed by atoms with Gasteiger partial charge in [0, 0.05) is 38.0 Å². The van der Waals surface area contributed by atoms with Crippen molar-refractivity contribution in [3.8, 4) is 6.07 Å². The minimum atomic E-state index is -0.754. The molecule has 0 saturated heterocycles. The lowest BCUT2D eigenvalue weighted by molar-refractivity contribution is -0.166. The smallest absolute Gasteiger partial charge is 0.290 e. The molecule has 0 bridgehead atoms. The second kappa shape index (κ2) is 18.4. The maximum atomic E-state index is 14.1. The molecule has 2 atom stereocenters. The first-order valence-electron chi connectivity index (χ1n) is 17.5. The number of nitrogens with zero attached hydrogens (tertiary/aromatic N) is 5. The quantitative estimate of drug-likeness (QED) is 0.116. The Labute approximate surface area is 282 Å². The van der Waals surface area contributed by atoms with Gasteiger partial charge in [-0.05, 0) is 49.2 Å². The summed E-state index contributed by atoms with van der Waals surface area (Å²) in [5.74, 6) is -0.679. The van der Waals surface area contributed by atoms with E-state index in [0.717, 1.165) is 64.5 Å². The third kappa shape index (κ3) is 10.0. The fraction of sp³-hybridized carbons (Fsp3) is 0.703. The third-order valence-electron chi connectivity index (χ3n) is 9.05. The van der Waals surface area contributed by atoms with Crippen molar-refractivity contribution in [2.45, 2.75) is 138 Å². The van der Waals surface area contributed by atoms with Crippen LogP contribution >= 0.6 is 11.3 Å². The van der Waals surface area contributed by atoms with Gasteiger partial charge in [-0.25, -0.2) is 9.99 Å². The highest BCUT2D eigenvalue weighted by Gasteiger charge is 2.40. The number of rotatable bonds is 18. The van der Waals surface area contributed by atoms with Crippen molar-refractivity contribution < 1.29 is 14.4 Å². The van der Waals surface area contributed by atoms with Crippen molar-refractivity contribution in [2.75, 3.05) is 25.0 Å². The second-order valence-electron chi connectivity index (χ2n) is 13.8. The SMILES string of the molecule is CCCCC1=C(C#N)C(=O)N(N(C)C(C)=O)C(=O)/C1=C\c1sc(N(CC(CC)CCCC)CC(CC)CCCC)nc1C(C)(C)C. The molecule has 9 heteroatoms. The summed E-state index contributed by atoms with van der Waals surface area (Å²) >= 11 is 1.59. The average molecular weight is 654 g/mol. The molecule has 256 valence electrons. The fourth-order valence-electron chi connectivity index (χ4n) is 5.91. The standard InChI is InChI=1S/C37H59N5O3S/c1-11-16-19-27(14-4)24-41(25-28(15-5)20-17-12-2)36-39-33(37(7,8)9)32(46-36)22-30-29(21-18-13-3)31(23-38)35(45)42(34(30)44)40(10)26(6)43/h22,27-28H,11-21,24-25H2,1-10H3/b30-22-. The Hall–Kier alpha value is -2.99. The molecule has 8 nitrogen and oxygen atoms in total. The number of hydrazine groups is 1. The van der Waals surface area contributed by atoms with Crippen molar-refractivity contribution in [3.63, 3.8) is 0 Å². The number of hydrogen-bond acceptors (Lipinski definition) is 7. The number of carbonyl (C=O) groups excluding carboxylic acids is 3. The Morgan fingerprint density at radius 2 is 1.50 bits per heavy atom. The molecule has 3 amide bonds. The topological polar surface area (TPSA) is 97.6 Å². The van der Waals surface area contributed by atoms with Crippen LogP contribution in [0, 0.1) is 23.2 Å². The van der Waals surface area contributed by atoms with Gasteiger partial charge in [0.2, 0.25) is 5.91 Å². The van der Waals surface area contributed by atoms with E-state index in [9.17, 15) is 19.6 Å². The summed E-state index contributed by atoms with van der Waals surface area (Å²) in [6.45, 7) is 20.6. The van der Waals surface area contributed by atoms with Crippen LogP contribution in [0.15, 0.2) is 16.7 Å². The predicted octanol–water partition coefficient (Wildman–Crippen LogP) is 8.84. The Balaban J connectivity index is 2.82. The van der Waals surface area contributed by atoms with Crippen molar-refractivity contribution in [1.29, 1.82) is 5.26 Å². The molecule has 0 fully saturated rings. The monoisotopic (exact) mass is 653 g/mol. The van der Waals surface area contributed by atoms with Crippen molar-refractivity contribution in [1.82, 2.24) is 15.0 Å². The maximum Gasteiger partial charge on any atom is 0.290 e. The number of aromatic nitrogens is 1. The molecule has 0 N–H and O–H groups in total. The first-order valence-corrected chi connectivity index (χ1v) is 18.3. The van der Waals surface area contributed by atoms with Crippen molar-refractivity contribution >= 4 is 40.3 Å². The van der Waals surface area contributed by atoms with Gasteiger partial charge >= 0.3 is 0 Å². The van der Waals surface area contributed by atoms with E-state index in [4.69, 9.17) is 4.98 Å².